The number of carbonyl (C=O) groups is 1. The van der Waals surface area contributed by atoms with Crippen LogP contribution in [0.4, 0.5) is 15.8 Å². The minimum absolute atomic E-state index is 0.126. The normalized spacial score (nSPS) is 14.7. The van der Waals surface area contributed by atoms with Gasteiger partial charge in [-0.25, -0.2) is 4.39 Å². The summed E-state index contributed by atoms with van der Waals surface area (Å²) >= 11 is 6.15. The molecule has 1 fully saturated rings. The molecule has 3 rings (SSSR count). The van der Waals surface area contributed by atoms with Crippen LogP contribution in [0.15, 0.2) is 36.4 Å². The largest absolute Gasteiger partial charge is 0.367 e. The van der Waals surface area contributed by atoms with Gasteiger partial charge in [0.15, 0.2) is 0 Å². The molecule has 0 atom stereocenters. The molecule has 0 aromatic heterocycles. The highest BCUT2D eigenvalue weighted by atomic mass is 35.5. The van der Waals surface area contributed by atoms with Crippen LogP contribution in [0.3, 0.4) is 0 Å². The second-order valence-electron chi connectivity index (χ2n) is 6.57. The van der Waals surface area contributed by atoms with Crippen LogP contribution in [-0.2, 0) is 4.79 Å². The Morgan fingerprint density at radius 3 is 2.59 bits per heavy atom. The fourth-order valence-electron chi connectivity index (χ4n) is 3.09. The van der Waals surface area contributed by atoms with Crippen molar-refractivity contribution in [2.75, 3.05) is 42.9 Å². The van der Waals surface area contributed by atoms with E-state index in [2.05, 4.69) is 5.32 Å². The highest BCUT2D eigenvalue weighted by Gasteiger charge is 2.21. The van der Waals surface area contributed by atoms with Crippen molar-refractivity contribution in [3.8, 4) is 6.07 Å². The Labute approximate surface area is 162 Å². The zero-order valence-electron chi connectivity index (χ0n) is 15.0. The van der Waals surface area contributed by atoms with Gasteiger partial charge in [-0.3, -0.25) is 9.69 Å². The lowest BCUT2D eigenvalue weighted by Gasteiger charge is -2.35. The van der Waals surface area contributed by atoms with Gasteiger partial charge >= 0.3 is 0 Å². The smallest absolute Gasteiger partial charge is 0.238 e. The van der Waals surface area contributed by atoms with E-state index < -0.39 is 5.82 Å². The van der Waals surface area contributed by atoms with Crippen molar-refractivity contribution in [1.29, 1.82) is 5.26 Å². The number of nitrogens with zero attached hydrogens (tertiary/aromatic N) is 3. The summed E-state index contributed by atoms with van der Waals surface area (Å²) in [5.41, 5.74) is 2.43. The zero-order chi connectivity index (χ0) is 19.4. The molecule has 0 bridgehead atoms. The van der Waals surface area contributed by atoms with Crippen molar-refractivity contribution in [3.63, 3.8) is 0 Å². The highest BCUT2D eigenvalue weighted by Crippen LogP contribution is 2.23. The molecule has 1 amide bonds. The molecule has 1 aliphatic heterocycles. The summed E-state index contributed by atoms with van der Waals surface area (Å²) < 4.78 is 14.2. The van der Waals surface area contributed by atoms with Gasteiger partial charge in [-0.05, 0) is 42.8 Å². The zero-order valence-corrected chi connectivity index (χ0v) is 15.8. The second-order valence-corrected chi connectivity index (χ2v) is 6.98. The van der Waals surface area contributed by atoms with Gasteiger partial charge in [0.1, 0.15) is 5.82 Å². The van der Waals surface area contributed by atoms with Crippen molar-refractivity contribution in [2.24, 2.45) is 0 Å². The third-order valence-electron chi connectivity index (χ3n) is 4.56. The number of nitrogens with one attached hydrogen (secondary N) is 1. The second kappa shape index (κ2) is 8.38. The van der Waals surface area contributed by atoms with Crippen LogP contribution in [0.25, 0.3) is 0 Å². The van der Waals surface area contributed by atoms with E-state index in [9.17, 15) is 9.18 Å². The number of piperazine rings is 1. The number of anilines is 2. The van der Waals surface area contributed by atoms with Gasteiger partial charge in [0.2, 0.25) is 5.91 Å². The number of nitriles is 1. The van der Waals surface area contributed by atoms with Crippen LogP contribution in [0.5, 0.6) is 0 Å². The van der Waals surface area contributed by atoms with Gasteiger partial charge in [-0.1, -0.05) is 17.7 Å². The molecule has 0 unspecified atom stereocenters. The van der Waals surface area contributed by atoms with Crippen molar-refractivity contribution < 1.29 is 9.18 Å². The third-order valence-corrected chi connectivity index (χ3v) is 4.87. The average molecular weight is 387 g/mol. The molecule has 2 aromatic carbocycles. The van der Waals surface area contributed by atoms with E-state index in [-0.39, 0.29) is 12.5 Å². The standard InChI is InChI=1S/C20H20ClFN4O/c1-14-2-4-18(16(21)10-14)24-20(27)13-25-6-8-26(9-7-25)19-5-3-15(12-23)11-17(19)22/h2-5,10-11H,6-9,13H2,1H3,(H,24,27). The molecular weight excluding hydrogens is 367 g/mol. The summed E-state index contributed by atoms with van der Waals surface area (Å²) in [6.45, 7) is 4.72. The Kier molecular flexibility index (Phi) is 5.94. The number of benzene rings is 2. The molecule has 5 nitrogen and oxygen atoms in total. The van der Waals surface area contributed by atoms with Crippen molar-refractivity contribution in [2.45, 2.75) is 6.92 Å². The number of aryl methyl sites for hydroxylation is 1. The number of halogens is 2. The Morgan fingerprint density at radius 1 is 1.22 bits per heavy atom. The van der Waals surface area contributed by atoms with E-state index in [0.717, 1.165) is 5.56 Å². The molecule has 1 aliphatic rings. The van der Waals surface area contributed by atoms with Gasteiger partial charge in [-0.15, -0.1) is 0 Å². The van der Waals surface area contributed by atoms with Crippen molar-refractivity contribution >= 4 is 28.9 Å². The summed E-state index contributed by atoms with van der Waals surface area (Å²) in [5, 5.41) is 12.2. The number of carbonyl (C=O) groups excluding carboxylic acids is 1. The van der Waals surface area contributed by atoms with Gasteiger partial charge in [0.25, 0.3) is 0 Å². The first-order valence-electron chi connectivity index (χ1n) is 8.69. The Morgan fingerprint density at radius 2 is 1.96 bits per heavy atom. The summed E-state index contributed by atoms with van der Waals surface area (Å²) in [6.07, 6.45) is 0. The monoisotopic (exact) mass is 386 g/mol. The summed E-state index contributed by atoms with van der Waals surface area (Å²) in [6, 6.07) is 11.9. The van der Waals surface area contributed by atoms with Crippen LogP contribution < -0.4 is 10.2 Å². The maximum Gasteiger partial charge on any atom is 0.238 e. The minimum Gasteiger partial charge on any atom is -0.367 e. The maximum atomic E-state index is 14.2. The summed E-state index contributed by atoms with van der Waals surface area (Å²) in [4.78, 5) is 16.2. The quantitative estimate of drug-likeness (QED) is 0.874. The van der Waals surface area contributed by atoms with Gasteiger partial charge in [0, 0.05) is 26.2 Å². The fourth-order valence-corrected chi connectivity index (χ4v) is 3.38. The third kappa shape index (κ3) is 4.76. The fraction of sp³-hybridized carbons (Fsp3) is 0.300. The van der Waals surface area contributed by atoms with E-state index in [1.807, 2.05) is 34.9 Å². The van der Waals surface area contributed by atoms with Gasteiger partial charge < -0.3 is 10.2 Å². The van der Waals surface area contributed by atoms with E-state index in [4.69, 9.17) is 16.9 Å². The van der Waals surface area contributed by atoms with Crippen LogP contribution in [0.1, 0.15) is 11.1 Å². The molecule has 1 N–H and O–H groups in total. The molecule has 0 saturated carbocycles. The van der Waals surface area contributed by atoms with Crippen molar-refractivity contribution in [3.05, 3.63) is 58.4 Å². The molecular formula is C20H20ClFN4O. The molecule has 1 saturated heterocycles. The lowest BCUT2D eigenvalue weighted by atomic mass is 10.2. The molecule has 0 radical (unpaired) electrons. The van der Waals surface area contributed by atoms with Crippen LogP contribution in [0, 0.1) is 24.1 Å². The lowest BCUT2D eigenvalue weighted by molar-refractivity contribution is -0.117. The molecule has 0 spiro atoms. The van der Waals surface area contributed by atoms with E-state index >= 15 is 0 Å². The first-order valence-corrected chi connectivity index (χ1v) is 9.07. The number of rotatable bonds is 4. The van der Waals surface area contributed by atoms with Crippen LogP contribution in [-0.4, -0.2) is 43.5 Å². The topological polar surface area (TPSA) is 59.4 Å². The molecule has 27 heavy (non-hydrogen) atoms. The first-order chi connectivity index (χ1) is 13.0. The highest BCUT2D eigenvalue weighted by molar-refractivity contribution is 6.33. The Bertz CT molecular complexity index is 888. The number of hydrogen-bond acceptors (Lipinski definition) is 4. The molecule has 140 valence electrons. The first kappa shape index (κ1) is 19.2. The molecule has 1 heterocycles. The molecule has 7 heteroatoms. The number of amides is 1. The van der Waals surface area contributed by atoms with E-state index in [1.165, 1.54) is 6.07 Å². The maximum absolute atomic E-state index is 14.2. The van der Waals surface area contributed by atoms with E-state index in [1.54, 1.807) is 18.2 Å². The number of hydrogen-bond donors (Lipinski definition) is 1. The summed E-state index contributed by atoms with van der Waals surface area (Å²) in [5.74, 6) is -0.520. The Balaban J connectivity index is 1.53. The van der Waals surface area contributed by atoms with Gasteiger partial charge in [0.05, 0.1) is 34.6 Å². The minimum atomic E-state index is -0.394. The van der Waals surface area contributed by atoms with Gasteiger partial charge in [-0.2, -0.15) is 5.26 Å². The average Bonchev–Trinajstić information content (AvgIpc) is 2.65. The Hall–Kier alpha value is -2.62. The van der Waals surface area contributed by atoms with Crippen molar-refractivity contribution in [1.82, 2.24) is 4.90 Å². The predicted octanol–water partition coefficient (Wildman–Crippen LogP) is 3.42. The molecule has 2 aromatic rings. The lowest BCUT2D eigenvalue weighted by Crippen LogP contribution is -2.48. The predicted molar refractivity (Wildman–Crippen MR) is 105 cm³/mol. The van der Waals surface area contributed by atoms with Crippen LogP contribution in [0.2, 0.25) is 5.02 Å². The van der Waals surface area contributed by atoms with E-state index in [0.29, 0.717) is 48.1 Å². The van der Waals surface area contributed by atoms with Crippen LogP contribution >= 0.6 is 11.6 Å². The molecule has 0 aliphatic carbocycles. The summed E-state index contributed by atoms with van der Waals surface area (Å²) in [7, 11) is 0. The SMILES string of the molecule is Cc1ccc(NC(=O)CN2CCN(c3ccc(C#N)cc3F)CC2)c(Cl)c1.